The van der Waals surface area contributed by atoms with Crippen LogP contribution in [0.2, 0.25) is 0 Å². The van der Waals surface area contributed by atoms with Crippen molar-refractivity contribution in [2.45, 2.75) is 110 Å². The Morgan fingerprint density at radius 2 is 1.89 bits per heavy atom. The molecule has 8 nitrogen and oxygen atoms in total. The lowest BCUT2D eigenvalue weighted by Crippen LogP contribution is -2.46. The number of carbonyl (C=O) groups excluding carboxylic acids is 2. The van der Waals surface area contributed by atoms with E-state index in [0.717, 1.165) is 24.8 Å². The van der Waals surface area contributed by atoms with E-state index in [1.807, 2.05) is 32.0 Å². The number of rotatable bonds is 2. The summed E-state index contributed by atoms with van der Waals surface area (Å²) in [5.74, 6) is -0.964. The van der Waals surface area contributed by atoms with Gasteiger partial charge in [0.2, 0.25) is 0 Å². The number of esters is 1. The normalized spacial score (nSPS) is 35.7. The van der Waals surface area contributed by atoms with E-state index < -0.39 is 35.6 Å². The maximum absolute atomic E-state index is 13.5. The number of aromatic nitrogens is 1. The first-order valence-electron chi connectivity index (χ1n) is 13.5. The summed E-state index contributed by atoms with van der Waals surface area (Å²) < 4.78 is 17.6. The fourth-order valence-corrected chi connectivity index (χ4v) is 5.70. The lowest BCUT2D eigenvalue weighted by Gasteiger charge is -2.35. The largest absolute Gasteiger partial charge is 0.457 e. The van der Waals surface area contributed by atoms with Crippen molar-refractivity contribution in [3.05, 3.63) is 29.7 Å². The summed E-state index contributed by atoms with van der Waals surface area (Å²) in [5.41, 5.74) is 0.569. The van der Waals surface area contributed by atoms with Crippen molar-refractivity contribution in [1.82, 2.24) is 4.98 Å². The van der Waals surface area contributed by atoms with Crippen LogP contribution in [0.3, 0.4) is 0 Å². The van der Waals surface area contributed by atoms with Gasteiger partial charge in [0, 0.05) is 19.3 Å². The molecule has 37 heavy (non-hydrogen) atoms. The van der Waals surface area contributed by atoms with Crippen LogP contribution in [0.15, 0.2) is 22.6 Å². The Bertz CT molecular complexity index is 1140. The number of nitrogens with zero attached hydrogens (tertiary/aromatic N) is 1. The molecule has 0 spiro atoms. The van der Waals surface area contributed by atoms with E-state index in [4.69, 9.17) is 13.9 Å². The van der Waals surface area contributed by atoms with Gasteiger partial charge < -0.3 is 24.1 Å². The van der Waals surface area contributed by atoms with E-state index in [2.05, 4.69) is 11.9 Å². The number of hydrogen-bond donors (Lipinski definition) is 2. The minimum atomic E-state index is -1.25. The molecule has 2 aliphatic rings. The average Bonchev–Trinajstić information content (AvgIpc) is 3.30. The van der Waals surface area contributed by atoms with Crippen molar-refractivity contribution < 1.29 is 33.7 Å². The number of carbonyl (C=O) groups is 2. The Morgan fingerprint density at radius 3 is 2.59 bits per heavy atom. The Morgan fingerprint density at radius 1 is 1.16 bits per heavy atom. The first-order valence-corrected chi connectivity index (χ1v) is 13.5. The number of fused-ring (bicyclic) bond motifs is 2. The average molecular weight is 516 g/mol. The molecule has 0 saturated carbocycles. The summed E-state index contributed by atoms with van der Waals surface area (Å²) in [4.78, 5) is 31.0. The third-order valence-corrected chi connectivity index (χ3v) is 8.56. The van der Waals surface area contributed by atoms with Crippen molar-refractivity contribution in [2.24, 2.45) is 17.3 Å². The molecule has 2 fully saturated rings. The van der Waals surface area contributed by atoms with Crippen LogP contribution in [-0.2, 0) is 19.1 Å². The van der Waals surface area contributed by atoms with E-state index in [9.17, 15) is 19.8 Å². The van der Waals surface area contributed by atoms with Crippen molar-refractivity contribution in [3.63, 3.8) is 0 Å². The molecular weight excluding hydrogens is 474 g/mol. The summed E-state index contributed by atoms with van der Waals surface area (Å²) in [6, 6.07) is 5.54. The number of oxazole rings is 1. The molecule has 0 bridgehead atoms. The highest BCUT2D eigenvalue weighted by Crippen LogP contribution is 2.47. The van der Waals surface area contributed by atoms with Gasteiger partial charge in [-0.2, -0.15) is 0 Å². The summed E-state index contributed by atoms with van der Waals surface area (Å²) in [6.45, 7) is 11.0. The van der Waals surface area contributed by atoms with Crippen molar-refractivity contribution in [1.29, 1.82) is 0 Å². The minimum Gasteiger partial charge on any atom is -0.457 e. The highest BCUT2D eigenvalue weighted by Gasteiger charge is 2.53. The highest BCUT2D eigenvalue weighted by molar-refractivity contribution is 5.88. The fraction of sp³-hybridized carbons (Fsp3) is 0.690. The van der Waals surface area contributed by atoms with Gasteiger partial charge in [-0.3, -0.25) is 9.59 Å². The van der Waals surface area contributed by atoms with Crippen LogP contribution in [0.5, 0.6) is 0 Å². The number of cyclic esters (lactones) is 1. The van der Waals surface area contributed by atoms with Crippen LogP contribution in [-0.4, -0.2) is 50.9 Å². The molecule has 0 amide bonds. The first kappa shape index (κ1) is 27.7. The number of epoxide rings is 1. The fourth-order valence-electron chi connectivity index (χ4n) is 5.70. The first-order chi connectivity index (χ1) is 17.4. The predicted molar refractivity (Wildman–Crippen MR) is 138 cm³/mol. The van der Waals surface area contributed by atoms with Gasteiger partial charge in [0.25, 0.3) is 0 Å². The molecule has 7 atom stereocenters. The molecule has 8 heteroatoms. The Labute approximate surface area is 218 Å². The van der Waals surface area contributed by atoms with Crippen molar-refractivity contribution in [2.75, 3.05) is 0 Å². The smallest absolute Gasteiger partial charge is 0.309 e. The van der Waals surface area contributed by atoms with Gasteiger partial charge in [-0.25, -0.2) is 4.98 Å². The molecule has 2 aliphatic heterocycles. The second-order valence-corrected chi connectivity index (χ2v) is 11.8. The molecule has 2 N–H and O–H groups in total. The maximum Gasteiger partial charge on any atom is 0.309 e. The number of Topliss-reactive ketones (excluding diaryl/α,β-unsaturated/α-hetero) is 1. The van der Waals surface area contributed by atoms with Gasteiger partial charge in [-0.05, 0) is 49.8 Å². The Kier molecular flexibility index (Phi) is 7.84. The molecular formula is C29H41NO7. The van der Waals surface area contributed by atoms with Crippen LogP contribution in [0.25, 0.3) is 11.1 Å². The lowest BCUT2D eigenvalue weighted by atomic mass is 9.71. The molecule has 2 saturated heterocycles. The number of aliphatic hydroxyl groups is 2. The maximum atomic E-state index is 13.5. The van der Waals surface area contributed by atoms with Crippen LogP contribution < -0.4 is 0 Å². The summed E-state index contributed by atoms with van der Waals surface area (Å²) in [6.07, 6.45) is 0.281. The summed E-state index contributed by atoms with van der Waals surface area (Å²) in [7, 11) is 0. The number of ether oxygens (including phenoxy) is 2. The zero-order valence-electron chi connectivity index (χ0n) is 22.8. The van der Waals surface area contributed by atoms with Gasteiger partial charge in [0.15, 0.2) is 11.5 Å². The number of aryl methyl sites for hydroxylation is 1. The van der Waals surface area contributed by atoms with Gasteiger partial charge in [0.1, 0.15) is 17.4 Å². The predicted octanol–water partition coefficient (Wildman–Crippen LogP) is 4.82. The third kappa shape index (κ3) is 5.76. The summed E-state index contributed by atoms with van der Waals surface area (Å²) in [5, 5.41) is 22.0. The van der Waals surface area contributed by atoms with E-state index in [-0.39, 0.29) is 29.8 Å². The van der Waals surface area contributed by atoms with E-state index >= 15 is 0 Å². The highest BCUT2D eigenvalue weighted by atomic mass is 16.6. The quantitative estimate of drug-likeness (QED) is 0.431. The molecule has 3 heterocycles. The molecule has 0 radical (unpaired) electrons. The van der Waals surface area contributed by atoms with Crippen LogP contribution in [0, 0.1) is 24.2 Å². The lowest BCUT2D eigenvalue weighted by molar-refractivity contribution is -0.156. The number of benzene rings is 1. The Hall–Kier alpha value is -2.29. The van der Waals surface area contributed by atoms with E-state index in [1.165, 1.54) is 0 Å². The standard InChI is InChI=1S/C29H41NO7/c1-7-19-26(33)16(2)9-8-12-29(6)24(37-29)14-22(18-10-11-21-20(13-18)30-17(3)35-21)36-25(32)15-23(31)28(4,5)27(19)34/h10-11,13,16,19,22-24,26,31,33H,7-9,12,14-15H2,1-6H3/t16-,19+,22-,23-,24-,26-,29+/m0/s1. The molecule has 2 aromatic rings. The van der Waals surface area contributed by atoms with Crippen LogP contribution in [0.4, 0.5) is 0 Å². The molecule has 204 valence electrons. The van der Waals surface area contributed by atoms with Crippen molar-refractivity contribution >= 4 is 22.9 Å². The molecule has 1 aromatic heterocycles. The molecule has 0 unspecified atom stereocenters. The molecule has 0 aliphatic carbocycles. The second-order valence-electron chi connectivity index (χ2n) is 11.8. The topological polar surface area (TPSA) is 122 Å². The van der Waals surface area contributed by atoms with E-state index in [1.54, 1.807) is 20.8 Å². The van der Waals surface area contributed by atoms with E-state index in [0.29, 0.717) is 29.8 Å². The SMILES string of the molecule is CC[C@H]1C(=O)C(C)(C)[C@@H](O)CC(=O)O[C@H](c2ccc3oc(C)nc3c2)C[C@@H]2O[C@]2(C)CCC[C@H](C)[C@@H]1O. The third-order valence-electron chi connectivity index (χ3n) is 8.56. The molecule has 1 aromatic carbocycles. The number of hydrogen-bond acceptors (Lipinski definition) is 8. The minimum absolute atomic E-state index is 0.0779. The molecule has 4 rings (SSSR count). The van der Waals surface area contributed by atoms with Crippen LogP contribution in [0.1, 0.15) is 90.7 Å². The monoisotopic (exact) mass is 515 g/mol. The summed E-state index contributed by atoms with van der Waals surface area (Å²) >= 11 is 0. The van der Waals surface area contributed by atoms with Gasteiger partial charge in [-0.15, -0.1) is 0 Å². The number of ketones is 1. The zero-order valence-corrected chi connectivity index (χ0v) is 22.8. The van der Waals surface area contributed by atoms with Gasteiger partial charge >= 0.3 is 5.97 Å². The zero-order chi connectivity index (χ0) is 27.1. The van der Waals surface area contributed by atoms with Gasteiger partial charge in [0.05, 0.1) is 35.7 Å². The van der Waals surface area contributed by atoms with Crippen molar-refractivity contribution in [3.8, 4) is 0 Å². The Balaban J connectivity index is 1.62. The second kappa shape index (κ2) is 10.5. The van der Waals surface area contributed by atoms with Crippen LogP contribution >= 0.6 is 0 Å². The van der Waals surface area contributed by atoms with Gasteiger partial charge in [-0.1, -0.05) is 40.2 Å². The number of aliphatic hydroxyl groups excluding tert-OH is 2.